The average Bonchev–Trinajstić information content (AvgIpc) is 2.39. The summed E-state index contributed by atoms with van der Waals surface area (Å²) in [6.45, 7) is 6.89. The van der Waals surface area contributed by atoms with E-state index in [1.54, 1.807) is 0 Å². The van der Waals surface area contributed by atoms with Crippen LogP contribution in [0.25, 0.3) is 0 Å². The van der Waals surface area contributed by atoms with E-state index in [1.165, 1.54) is 57.8 Å². The highest BCUT2D eigenvalue weighted by Crippen LogP contribution is 2.36. The van der Waals surface area contributed by atoms with E-state index >= 15 is 0 Å². The van der Waals surface area contributed by atoms with Gasteiger partial charge in [-0.05, 0) is 24.4 Å². The van der Waals surface area contributed by atoms with Gasteiger partial charge in [0.25, 0.3) is 0 Å². The minimum atomic E-state index is -5.84. The van der Waals surface area contributed by atoms with E-state index in [9.17, 15) is 13.2 Å². The van der Waals surface area contributed by atoms with E-state index in [4.69, 9.17) is 13.0 Å². The van der Waals surface area contributed by atoms with E-state index in [1.807, 2.05) is 0 Å². The Hall–Kier alpha value is 0.0900. The molecule has 4 nitrogen and oxygen atoms in total. The first-order chi connectivity index (χ1) is 9.93. The van der Waals surface area contributed by atoms with Gasteiger partial charge >= 0.3 is 15.6 Å². The molecule has 0 saturated carbocycles. The summed E-state index contributed by atoms with van der Waals surface area (Å²) in [5.41, 5.74) is -5.53. The molecule has 0 bridgehead atoms. The third-order valence-electron chi connectivity index (χ3n) is 3.38. The summed E-state index contributed by atoms with van der Waals surface area (Å²) in [6, 6.07) is 0. The summed E-state index contributed by atoms with van der Waals surface area (Å²) in [6.07, 6.45) is 12.5. The fourth-order valence-electron chi connectivity index (χ4n) is 1.96. The number of hydrogen-bond acceptors (Lipinski definition) is 3. The quantitative estimate of drug-likeness (QED) is 0.302. The van der Waals surface area contributed by atoms with Gasteiger partial charge in [0.15, 0.2) is 0 Å². The lowest BCUT2D eigenvalue weighted by Crippen LogP contribution is -2.21. The Morgan fingerprint density at radius 1 is 0.870 bits per heavy atom. The highest BCUT2D eigenvalue weighted by Gasteiger charge is 2.44. The second kappa shape index (κ2) is 13.4. The van der Waals surface area contributed by atoms with Crippen molar-refractivity contribution in [1.82, 2.24) is 6.15 Å². The SMILES string of the molecule is CCCCC(P)(CCCC)CCCC.N.O=S(=O)(O)C(F)(F)F. The summed E-state index contributed by atoms with van der Waals surface area (Å²) < 4.78 is 57.5. The zero-order chi connectivity index (χ0) is 17.9. The Morgan fingerprint density at radius 2 is 1.09 bits per heavy atom. The van der Waals surface area contributed by atoms with E-state index in [2.05, 4.69) is 30.0 Å². The molecule has 0 amide bonds. The molecule has 0 rings (SSSR count). The molecule has 0 heterocycles. The Labute approximate surface area is 141 Å². The van der Waals surface area contributed by atoms with Crippen molar-refractivity contribution in [3.05, 3.63) is 0 Å². The second-order valence-corrected chi connectivity index (χ2v) is 8.23. The summed E-state index contributed by atoms with van der Waals surface area (Å²) in [7, 11) is -2.67. The fourth-order valence-corrected chi connectivity index (χ4v) is 2.57. The standard InChI is InChI=1S/C13H29P.CHF3O3S.H3N/c1-4-7-10-13(14,11-8-5-2)12-9-6-3;2-1(3,4)8(5,6)7;/h4-12,14H2,1-3H3;(H,5,6,7);1H3. The highest BCUT2D eigenvalue weighted by atomic mass is 32.2. The van der Waals surface area contributed by atoms with Gasteiger partial charge in [0.2, 0.25) is 0 Å². The molecule has 0 spiro atoms. The Bertz CT molecular complexity index is 354. The van der Waals surface area contributed by atoms with Crippen LogP contribution in [0.3, 0.4) is 0 Å². The molecule has 23 heavy (non-hydrogen) atoms. The van der Waals surface area contributed by atoms with Crippen molar-refractivity contribution in [2.24, 2.45) is 0 Å². The first-order valence-corrected chi connectivity index (χ1v) is 9.78. The molecule has 0 fully saturated rings. The molecule has 144 valence electrons. The lowest BCUT2D eigenvalue weighted by Gasteiger charge is -2.29. The molecule has 1 unspecified atom stereocenters. The van der Waals surface area contributed by atoms with E-state index in [-0.39, 0.29) is 6.15 Å². The van der Waals surface area contributed by atoms with Gasteiger partial charge in [-0.15, -0.1) is 9.24 Å². The lowest BCUT2D eigenvalue weighted by molar-refractivity contribution is -0.0510. The molecule has 1 atom stereocenters. The normalized spacial score (nSPS) is 12.2. The predicted molar refractivity (Wildman–Crippen MR) is 93.6 cm³/mol. The van der Waals surface area contributed by atoms with Crippen molar-refractivity contribution in [2.45, 2.75) is 89.2 Å². The first kappa shape index (κ1) is 27.9. The van der Waals surface area contributed by atoms with Gasteiger partial charge in [-0.1, -0.05) is 59.3 Å². The van der Waals surface area contributed by atoms with Crippen molar-refractivity contribution in [3.63, 3.8) is 0 Å². The molecule has 0 aromatic heterocycles. The van der Waals surface area contributed by atoms with Crippen LogP contribution in [0.1, 0.15) is 78.6 Å². The van der Waals surface area contributed by atoms with Crippen molar-refractivity contribution in [3.8, 4) is 0 Å². The zero-order valence-electron chi connectivity index (χ0n) is 14.5. The van der Waals surface area contributed by atoms with Gasteiger partial charge < -0.3 is 6.15 Å². The van der Waals surface area contributed by atoms with Crippen molar-refractivity contribution < 1.29 is 26.1 Å². The molecule has 0 aromatic rings. The lowest BCUT2D eigenvalue weighted by atomic mass is 9.90. The monoisotopic (exact) mass is 383 g/mol. The summed E-state index contributed by atoms with van der Waals surface area (Å²) in [5.74, 6) is 0. The van der Waals surface area contributed by atoms with Crippen LogP contribution in [0.4, 0.5) is 13.2 Å². The largest absolute Gasteiger partial charge is 0.522 e. The maximum Gasteiger partial charge on any atom is 0.522 e. The molecule has 0 aromatic carbocycles. The molecule has 9 heteroatoms. The second-order valence-electron chi connectivity index (χ2n) is 5.59. The first-order valence-electron chi connectivity index (χ1n) is 7.76. The predicted octanol–water partition coefficient (Wildman–Crippen LogP) is 5.73. The average molecular weight is 383 g/mol. The van der Waals surface area contributed by atoms with Crippen molar-refractivity contribution >= 4 is 19.4 Å². The molecule has 0 aliphatic rings. The van der Waals surface area contributed by atoms with E-state index in [0.29, 0.717) is 5.16 Å². The van der Waals surface area contributed by atoms with Crippen LogP contribution in [0, 0.1) is 0 Å². The highest BCUT2D eigenvalue weighted by molar-refractivity contribution is 7.86. The maximum atomic E-state index is 10.7. The van der Waals surface area contributed by atoms with Crippen LogP contribution >= 0.6 is 9.24 Å². The van der Waals surface area contributed by atoms with Gasteiger partial charge in [0.1, 0.15) is 0 Å². The molecule has 0 aliphatic carbocycles. The van der Waals surface area contributed by atoms with Crippen molar-refractivity contribution in [1.29, 1.82) is 0 Å². The zero-order valence-corrected chi connectivity index (χ0v) is 16.4. The molecule has 0 saturated heterocycles. The smallest absolute Gasteiger partial charge is 0.344 e. The molecule has 4 N–H and O–H groups in total. The molecular formula is C14H33F3NO3PS. The van der Waals surface area contributed by atoms with Crippen molar-refractivity contribution in [2.75, 3.05) is 0 Å². The van der Waals surface area contributed by atoms with Gasteiger partial charge in [0, 0.05) is 0 Å². The number of alkyl halides is 3. The third-order valence-corrected chi connectivity index (χ3v) is 4.83. The molecule has 0 radical (unpaired) electrons. The fraction of sp³-hybridized carbons (Fsp3) is 1.00. The van der Waals surface area contributed by atoms with Crippen LogP contribution < -0.4 is 6.15 Å². The van der Waals surface area contributed by atoms with Crippen LogP contribution in [0.5, 0.6) is 0 Å². The number of halogens is 3. The van der Waals surface area contributed by atoms with Gasteiger partial charge in [-0.25, -0.2) is 0 Å². The van der Waals surface area contributed by atoms with Gasteiger partial charge in [-0.2, -0.15) is 21.6 Å². The third kappa shape index (κ3) is 15.4. The Balaban J connectivity index is -0.000000382. The Morgan fingerprint density at radius 3 is 1.22 bits per heavy atom. The van der Waals surface area contributed by atoms with Gasteiger partial charge in [-0.3, -0.25) is 4.55 Å². The van der Waals surface area contributed by atoms with E-state index in [0.717, 1.165) is 0 Å². The van der Waals surface area contributed by atoms with Crippen LogP contribution in [-0.4, -0.2) is 23.6 Å². The van der Waals surface area contributed by atoms with E-state index < -0.39 is 15.6 Å². The number of hydrogen-bond donors (Lipinski definition) is 2. The minimum Gasteiger partial charge on any atom is -0.344 e. The van der Waals surface area contributed by atoms with Crippen LogP contribution in [0.15, 0.2) is 0 Å². The van der Waals surface area contributed by atoms with Gasteiger partial charge in [0.05, 0.1) is 0 Å². The molecular weight excluding hydrogens is 350 g/mol. The summed E-state index contributed by atoms with van der Waals surface area (Å²) in [4.78, 5) is 0. The Kier molecular flexibility index (Phi) is 16.3. The maximum absolute atomic E-state index is 10.7. The van der Waals surface area contributed by atoms with Crippen LogP contribution in [0.2, 0.25) is 0 Å². The minimum absolute atomic E-state index is 0. The van der Waals surface area contributed by atoms with Crippen LogP contribution in [-0.2, 0) is 10.1 Å². The number of unbranched alkanes of at least 4 members (excludes halogenated alkanes) is 3. The molecule has 0 aliphatic heterocycles. The summed E-state index contributed by atoms with van der Waals surface area (Å²) in [5, 5.41) is 0.571. The summed E-state index contributed by atoms with van der Waals surface area (Å²) >= 11 is 0. The number of rotatable bonds is 9. The topological polar surface area (TPSA) is 89.4 Å².